The largest absolute Gasteiger partial charge is 0.466 e. The summed E-state index contributed by atoms with van der Waals surface area (Å²) in [5.74, 6) is -0.315. The summed E-state index contributed by atoms with van der Waals surface area (Å²) >= 11 is 0. The second kappa shape index (κ2) is 9.52. The zero-order chi connectivity index (χ0) is 25.2. The molecule has 1 atom stereocenters. The lowest BCUT2D eigenvalue weighted by Crippen LogP contribution is -2.31. The van der Waals surface area contributed by atoms with E-state index in [0.29, 0.717) is 31.6 Å². The number of esters is 1. The fourth-order valence-electron chi connectivity index (χ4n) is 4.01. The van der Waals surface area contributed by atoms with Gasteiger partial charge in [0.05, 0.1) is 24.0 Å². The summed E-state index contributed by atoms with van der Waals surface area (Å²) in [5, 5.41) is 2.86. The van der Waals surface area contributed by atoms with Gasteiger partial charge in [-0.1, -0.05) is 6.08 Å². The predicted molar refractivity (Wildman–Crippen MR) is 125 cm³/mol. The van der Waals surface area contributed by atoms with Gasteiger partial charge in [0.25, 0.3) is 0 Å². The van der Waals surface area contributed by atoms with Gasteiger partial charge in [0, 0.05) is 23.8 Å². The minimum Gasteiger partial charge on any atom is -0.466 e. The first kappa shape index (κ1) is 24.4. The second-order valence-corrected chi connectivity index (χ2v) is 8.83. The quantitative estimate of drug-likeness (QED) is 0.440. The van der Waals surface area contributed by atoms with Crippen LogP contribution in [0.4, 0.5) is 24.8 Å². The molecule has 35 heavy (non-hydrogen) atoms. The smallest absolute Gasteiger partial charge is 0.433 e. The molecule has 7 nitrogen and oxygen atoms in total. The lowest BCUT2D eigenvalue weighted by molar-refractivity contribution is -0.154. The SMILES string of the molecule is CCOC(=O)C1(C)CC=C(c2cn(-c3cc(C)cc(Nc4nccc(C(F)(F)F)n4)c3)cn2)CC1. The molecule has 10 heteroatoms. The molecule has 0 bridgehead atoms. The van der Waals surface area contributed by atoms with E-state index in [0.717, 1.165) is 34.8 Å². The van der Waals surface area contributed by atoms with Crippen molar-refractivity contribution in [2.45, 2.75) is 46.2 Å². The van der Waals surface area contributed by atoms with Gasteiger partial charge in [-0.3, -0.25) is 4.79 Å². The average molecular weight is 486 g/mol. The van der Waals surface area contributed by atoms with Crippen molar-refractivity contribution in [3.05, 3.63) is 66.0 Å². The Kier molecular flexibility index (Phi) is 6.64. The number of carbonyl (C=O) groups is 1. The van der Waals surface area contributed by atoms with Gasteiger partial charge in [0.1, 0.15) is 5.69 Å². The molecule has 0 fully saturated rings. The Bertz CT molecular complexity index is 1270. The van der Waals surface area contributed by atoms with Gasteiger partial charge in [-0.25, -0.2) is 15.0 Å². The van der Waals surface area contributed by atoms with Crippen molar-refractivity contribution in [1.29, 1.82) is 0 Å². The Morgan fingerprint density at radius 2 is 2.06 bits per heavy atom. The third kappa shape index (κ3) is 5.52. The van der Waals surface area contributed by atoms with Crippen LogP contribution in [0.5, 0.6) is 0 Å². The molecular formula is C25H26F3N5O2. The van der Waals surface area contributed by atoms with Crippen molar-refractivity contribution < 1.29 is 22.7 Å². The summed E-state index contributed by atoms with van der Waals surface area (Å²) in [6, 6.07) is 6.35. The number of hydrogen-bond acceptors (Lipinski definition) is 6. The van der Waals surface area contributed by atoms with Crippen molar-refractivity contribution >= 4 is 23.2 Å². The van der Waals surface area contributed by atoms with Crippen LogP contribution in [0.15, 0.2) is 49.1 Å². The number of nitrogens with one attached hydrogen (secondary N) is 1. The molecule has 0 aliphatic heterocycles. The maximum atomic E-state index is 13.0. The molecule has 0 radical (unpaired) electrons. The molecule has 1 aliphatic rings. The van der Waals surface area contributed by atoms with Gasteiger partial charge in [-0.15, -0.1) is 0 Å². The first-order valence-electron chi connectivity index (χ1n) is 11.3. The molecule has 2 aromatic heterocycles. The average Bonchev–Trinajstić information content (AvgIpc) is 3.29. The zero-order valence-electron chi connectivity index (χ0n) is 19.7. The number of allylic oxidation sites excluding steroid dienone is 2. The molecular weight excluding hydrogens is 459 g/mol. The molecule has 2 heterocycles. The van der Waals surface area contributed by atoms with E-state index in [4.69, 9.17) is 4.74 Å². The highest BCUT2D eigenvalue weighted by atomic mass is 19.4. The highest BCUT2D eigenvalue weighted by Crippen LogP contribution is 2.39. The molecule has 1 aromatic carbocycles. The van der Waals surface area contributed by atoms with Crippen LogP contribution in [-0.4, -0.2) is 32.1 Å². The fourth-order valence-corrected chi connectivity index (χ4v) is 4.01. The molecule has 0 saturated carbocycles. The topological polar surface area (TPSA) is 81.9 Å². The highest BCUT2D eigenvalue weighted by molar-refractivity contribution is 5.78. The first-order valence-corrected chi connectivity index (χ1v) is 11.3. The van der Waals surface area contributed by atoms with Gasteiger partial charge >= 0.3 is 12.1 Å². The van der Waals surface area contributed by atoms with Crippen molar-refractivity contribution in [2.24, 2.45) is 5.41 Å². The molecule has 184 valence electrons. The number of nitrogens with zero attached hydrogens (tertiary/aromatic N) is 4. The van der Waals surface area contributed by atoms with Crippen LogP contribution in [0.25, 0.3) is 11.3 Å². The summed E-state index contributed by atoms with van der Waals surface area (Å²) in [5.41, 5.74) is 2.57. The number of aryl methyl sites for hydroxylation is 1. The maximum Gasteiger partial charge on any atom is 0.433 e. The van der Waals surface area contributed by atoms with E-state index in [1.54, 1.807) is 25.4 Å². The summed E-state index contributed by atoms with van der Waals surface area (Å²) in [6.45, 7) is 5.98. The van der Waals surface area contributed by atoms with Crippen molar-refractivity contribution in [1.82, 2.24) is 19.5 Å². The number of ether oxygens (including phenoxy) is 1. The lowest BCUT2D eigenvalue weighted by Gasteiger charge is -2.30. The van der Waals surface area contributed by atoms with Crippen LogP contribution in [0.1, 0.15) is 50.1 Å². The van der Waals surface area contributed by atoms with E-state index < -0.39 is 17.3 Å². The number of anilines is 2. The van der Waals surface area contributed by atoms with Crippen LogP contribution in [0, 0.1) is 12.3 Å². The van der Waals surface area contributed by atoms with Gasteiger partial charge in [-0.2, -0.15) is 13.2 Å². The Hall–Kier alpha value is -3.69. The normalized spacial score (nSPS) is 18.2. The van der Waals surface area contributed by atoms with E-state index in [-0.39, 0.29) is 11.9 Å². The number of alkyl halides is 3. The fraction of sp³-hybridized carbons (Fsp3) is 0.360. The summed E-state index contributed by atoms with van der Waals surface area (Å²) < 4.78 is 46.0. The van der Waals surface area contributed by atoms with E-state index in [1.165, 1.54) is 0 Å². The summed E-state index contributed by atoms with van der Waals surface area (Å²) in [7, 11) is 0. The Morgan fingerprint density at radius 3 is 2.74 bits per heavy atom. The molecule has 3 aromatic rings. The molecule has 1 N–H and O–H groups in total. The molecule has 4 rings (SSSR count). The Morgan fingerprint density at radius 1 is 1.26 bits per heavy atom. The van der Waals surface area contributed by atoms with E-state index >= 15 is 0 Å². The predicted octanol–water partition coefficient (Wildman–Crippen LogP) is 5.87. The standard InChI is InChI=1S/C25H26F3N5O2/c1-4-35-22(34)24(3)8-5-17(6-9-24)20-14-33(15-30-20)19-12-16(2)11-18(13-19)31-23-29-10-7-21(32-23)25(26,27)28/h5,7,10-15H,4,6,8-9H2,1-3H3,(H,29,31,32). The lowest BCUT2D eigenvalue weighted by atomic mass is 9.76. The molecule has 1 aliphatic carbocycles. The number of benzene rings is 1. The molecule has 0 amide bonds. The van der Waals surface area contributed by atoms with E-state index in [1.807, 2.05) is 36.8 Å². The van der Waals surface area contributed by atoms with E-state index in [9.17, 15) is 18.0 Å². The molecule has 0 spiro atoms. The third-order valence-corrected chi connectivity index (χ3v) is 5.99. The monoisotopic (exact) mass is 485 g/mol. The Balaban J connectivity index is 1.53. The summed E-state index contributed by atoms with van der Waals surface area (Å²) in [4.78, 5) is 24.3. The van der Waals surface area contributed by atoms with Crippen LogP contribution >= 0.6 is 0 Å². The zero-order valence-corrected chi connectivity index (χ0v) is 19.7. The molecule has 0 saturated heterocycles. The van der Waals surface area contributed by atoms with Crippen molar-refractivity contribution in [3.63, 3.8) is 0 Å². The molecule has 1 unspecified atom stereocenters. The second-order valence-electron chi connectivity index (χ2n) is 8.83. The number of carbonyl (C=O) groups excluding carboxylic acids is 1. The number of halogens is 3. The van der Waals surface area contributed by atoms with Crippen LogP contribution in [0.3, 0.4) is 0 Å². The third-order valence-electron chi connectivity index (χ3n) is 5.99. The van der Waals surface area contributed by atoms with Gasteiger partial charge in [-0.05, 0) is 75.4 Å². The minimum absolute atomic E-state index is 0.139. The number of rotatable bonds is 6. The van der Waals surface area contributed by atoms with Crippen molar-refractivity contribution in [3.8, 4) is 5.69 Å². The minimum atomic E-state index is -4.55. The number of hydrogen-bond donors (Lipinski definition) is 1. The Labute approximate surface area is 201 Å². The van der Waals surface area contributed by atoms with Gasteiger partial charge < -0.3 is 14.6 Å². The number of imidazole rings is 1. The van der Waals surface area contributed by atoms with Crippen LogP contribution in [-0.2, 0) is 15.7 Å². The van der Waals surface area contributed by atoms with Crippen molar-refractivity contribution in [2.75, 3.05) is 11.9 Å². The highest BCUT2D eigenvalue weighted by Gasteiger charge is 2.36. The number of aromatic nitrogens is 4. The summed E-state index contributed by atoms with van der Waals surface area (Å²) in [6.07, 6.45) is 4.13. The van der Waals surface area contributed by atoms with Gasteiger partial charge in [0.2, 0.25) is 5.95 Å². The van der Waals surface area contributed by atoms with Crippen LogP contribution < -0.4 is 5.32 Å². The maximum absolute atomic E-state index is 13.0. The van der Waals surface area contributed by atoms with Crippen LogP contribution in [0.2, 0.25) is 0 Å². The van der Waals surface area contributed by atoms with E-state index in [2.05, 4.69) is 20.3 Å². The van der Waals surface area contributed by atoms with Gasteiger partial charge in [0.15, 0.2) is 0 Å². The first-order chi connectivity index (χ1) is 16.6.